The maximum atomic E-state index is 14.7. The van der Waals surface area contributed by atoms with Gasteiger partial charge in [0.2, 0.25) is 5.69 Å². The molecule has 0 radical (unpaired) electrons. The van der Waals surface area contributed by atoms with E-state index in [-0.39, 0.29) is 23.2 Å². The predicted octanol–water partition coefficient (Wildman–Crippen LogP) is 6.50. The number of nitrogens with zero attached hydrogens (tertiary/aromatic N) is 3. The Kier molecular flexibility index (Phi) is 8.46. The maximum absolute atomic E-state index is 14.7. The van der Waals surface area contributed by atoms with Crippen molar-refractivity contribution >= 4 is 17.6 Å². The van der Waals surface area contributed by atoms with E-state index in [9.17, 15) is 32.0 Å². The molecule has 13 heteroatoms. The molecule has 0 saturated heterocycles. The first kappa shape index (κ1) is 28.0. The monoisotopic (exact) mass is 567 g/mol. The summed E-state index contributed by atoms with van der Waals surface area (Å²) >= 11 is 5.78. The van der Waals surface area contributed by atoms with Gasteiger partial charge in [-0.15, -0.1) is 0 Å². The van der Waals surface area contributed by atoms with Gasteiger partial charge in [0.15, 0.2) is 6.20 Å². The molecule has 1 N–H and O–H groups in total. The molecular formula is C26H19ClF5N3O4. The number of pyridine rings is 1. The van der Waals surface area contributed by atoms with Crippen LogP contribution in [0.2, 0.25) is 5.02 Å². The van der Waals surface area contributed by atoms with Crippen LogP contribution in [0.25, 0.3) is 22.3 Å². The summed E-state index contributed by atoms with van der Waals surface area (Å²) in [5.41, 5.74) is -0.125. The topological polar surface area (TPSA) is 91.3 Å². The Morgan fingerprint density at radius 1 is 1.05 bits per heavy atom. The molecule has 0 saturated carbocycles. The number of carbonyl (C=O) groups is 1. The first-order valence-corrected chi connectivity index (χ1v) is 11.7. The van der Waals surface area contributed by atoms with Crippen LogP contribution in [0.4, 0.5) is 22.0 Å². The molecule has 0 aliphatic rings. The van der Waals surface area contributed by atoms with Gasteiger partial charge >= 0.3 is 12.6 Å². The van der Waals surface area contributed by atoms with E-state index in [1.54, 1.807) is 12.1 Å². The van der Waals surface area contributed by atoms with Crippen LogP contribution in [0.15, 0.2) is 67.1 Å². The van der Waals surface area contributed by atoms with Gasteiger partial charge in [0.05, 0.1) is 29.0 Å². The summed E-state index contributed by atoms with van der Waals surface area (Å²) in [6.07, 6.45) is 0.696. The quantitative estimate of drug-likeness (QED) is 0.134. The van der Waals surface area contributed by atoms with E-state index in [1.165, 1.54) is 41.3 Å². The number of hydrogen-bond donors (Lipinski definition) is 1. The molecule has 2 aromatic carbocycles. The van der Waals surface area contributed by atoms with Gasteiger partial charge in [-0.25, -0.2) is 18.0 Å². The van der Waals surface area contributed by atoms with Gasteiger partial charge in [-0.3, -0.25) is 4.68 Å². The number of rotatable bonds is 10. The third-order valence-electron chi connectivity index (χ3n) is 5.96. The molecule has 1 atom stereocenters. The number of halogens is 6. The Hall–Kier alpha value is -4.03. The van der Waals surface area contributed by atoms with Crippen molar-refractivity contribution in [3.8, 4) is 22.3 Å². The van der Waals surface area contributed by atoms with Crippen molar-refractivity contribution in [1.29, 1.82) is 0 Å². The van der Waals surface area contributed by atoms with Crippen molar-refractivity contribution in [1.82, 2.24) is 9.78 Å². The lowest BCUT2D eigenvalue weighted by atomic mass is 9.99. The largest absolute Gasteiger partial charge is 0.618 e. The molecule has 4 rings (SSSR count). The van der Waals surface area contributed by atoms with Crippen molar-refractivity contribution in [2.75, 3.05) is 6.61 Å². The highest BCUT2D eigenvalue weighted by Crippen LogP contribution is 2.36. The minimum absolute atomic E-state index is 0.00600. The number of benzene rings is 2. The molecule has 2 heterocycles. The van der Waals surface area contributed by atoms with Crippen LogP contribution in [0, 0.1) is 11.0 Å². The standard InChI is InChI=1S/C26H19ClF5N3O4/c27-19-7-6-18(24(29)30)22(23(19)28)16-5-8-21(35(38)13-16)20(9-10-39-26(31)32)34-12-17(11-33-34)14-1-3-15(4-2-14)25(36)37/h1-8,11-13,20,24,26H,9-10H2,(H,36,37)/t20-/m0/s1. The van der Waals surface area contributed by atoms with Crippen molar-refractivity contribution in [2.45, 2.75) is 25.5 Å². The van der Waals surface area contributed by atoms with Gasteiger partial charge in [-0.05, 0) is 29.8 Å². The Morgan fingerprint density at radius 2 is 1.74 bits per heavy atom. The zero-order valence-corrected chi connectivity index (χ0v) is 20.5. The average molecular weight is 568 g/mol. The lowest BCUT2D eigenvalue weighted by Gasteiger charge is -2.18. The van der Waals surface area contributed by atoms with Crippen LogP contribution in [0.1, 0.15) is 40.5 Å². The molecule has 204 valence electrons. The summed E-state index contributed by atoms with van der Waals surface area (Å²) in [5, 5.41) is 26.0. The summed E-state index contributed by atoms with van der Waals surface area (Å²) in [7, 11) is 0. The zero-order chi connectivity index (χ0) is 28.3. The SMILES string of the molecule is O=C(O)c1ccc(-c2cnn([C@@H](CCOC(F)F)c3ccc(-c4c(C(F)F)ccc(Cl)c4F)c[n+]3[O-])c2)cc1. The van der Waals surface area contributed by atoms with E-state index < -0.39 is 53.6 Å². The maximum Gasteiger partial charge on any atom is 0.345 e. The van der Waals surface area contributed by atoms with Gasteiger partial charge in [0.25, 0.3) is 6.43 Å². The fourth-order valence-electron chi connectivity index (χ4n) is 4.09. The van der Waals surface area contributed by atoms with Gasteiger partial charge < -0.3 is 15.1 Å². The summed E-state index contributed by atoms with van der Waals surface area (Å²) in [5.74, 6) is -2.21. The average Bonchev–Trinajstić information content (AvgIpc) is 3.38. The van der Waals surface area contributed by atoms with Crippen LogP contribution < -0.4 is 4.73 Å². The second-order valence-corrected chi connectivity index (χ2v) is 8.73. The van der Waals surface area contributed by atoms with Gasteiger partial charge in [-0.2, -0.15) is 18.6 Å². The van der Waals surface area contributed by atoms with Crippen LogP contribution in [-0.4, -0.2) is 34.1 Å². The van der Waals surface area contributed by atoms with E-state index in [4.69, 9.17) is 16.7 Å². The third kappa shape index (κ3) is 6.18. The van der Waals surface area contributed by atoms with E-state index in [2.05, 4.69) is 9.84 Å². The summed E-state index contributed by atoms with van der Waals surface area (Å²) in [6, 6.07) is 9.43. The Morgan fingerprint density at radius 3 is 2.36 bits per heavy atom. The Labute approximate surface area is 223 Å². The molecular weight excluding hydrogens is 549 g/mol. The van der Waals surface area contributed by atoms with Crippen molar-refractivity contribution in [2.24, 2.45) is 0 Å². The molecule has 0 amide bonds. The highest BCUT2D eigenvalue weighted by Gasteiger charge is 2.27. The normalized spacial score (nSPS) is 12.3. The zero-order valence-electron chi connectivity index (χ0n) is 19.8. The molecule has 0 aliphatic carbocycles. The molecule has 0 aliphatic heterocycles. The number of carboxylic acid groups (broad SMARTS) is 1. The van der Waals surface area contributed by atoms with E-state index in [1.807, 2.05) is 0 Å². The molecule has 4 aromatic rings. The van der Waals surface area contributed by atoms with Gasteiger partial charge in [0.1, 0.15) is 11.9 Å². The summed E-state index contributed by atoms with van der Waals surface area (Å²) in [4.78, 5) is 11.1. The number of carboxylic acids is 1. The Bertz CT molecular complexity index is 1480. The summed E-state index contributed by atoms with van der Waals surface area (Å²) in [6.45, 7) is -3.50. The van der Waals surface area contributed by atoms with Crippen molar-refractivity contribution in [3.63, 3.8) is 0 Å². The van der Waals surface area contributed by atoms with Crippen LogP contribution >= 0.6 is 11.6 Å². The van der Waals surface area contributed by atoms with Crippen LogP contribution in [0.5, 0.6) is 0 Å². The number of hydrogen-bond acceptors (Lipinski definition) is 4. The third-order valence-corrected chi connectivity index (χ3v) is 6.25. The number of ether oxygens (including phenoxy) is 1. The van der Waals surface area contributed by atoms with Gasteiger partial charge in [0, 0.05) is 35.4 Å². The molecule has 0 unspecified atom stereocenters. The highest BCUT2D eigenvalue weighted by atomic mass is 35.5. The molecule has 2 aromatic heterocycles. The Balaban J connectivity index is 1.72. The minimum Gasteiger partial charge on any atom is -0.618 e. The highest BCUT2D eigenvalue weighted by molar-refractivity contribution is 6.31. The fourth-order valence-corrected chi connectivity index (χ4v) is 4.24. The fraction of sp³-hybridized carbons (Fsp3) is 0.192. The minimum atomic E-state index is -3.05. The second-order valence-electron chi connectivity index (χ2n) is 8.32. The molecule has 39 heavy (non-hydrogen) atoms. The molecule has 7 nitrogen and oxygen atoms in total. The second kappa shape index (κ2) is 11.8. The smallest absolute Gasteiger partial charge is 0.345 e. The van der Waals surface area contributed by atoms with Crippen LogP contribution in [-0.2, 0) is 4.74 Å². The summed E-state index contributed by atoms with van der Waals surface area (Å²) < 4.78 is 73.1. The first-order chi connectivity index (χ1) is 18.6. The van der Waals surface area contributed by atoms with E-state index in [0.29, 0.717) is 15.9 Å². The van der Waals surface area contributed by atoms with Crippen LogP contribution in [0.3, 0.4) is 0 Å². The lowest BCUT2D eigenvalue weighted by Crippen LogP contribution is -2.36. The number of alkyl halides is 4. The van der Waals surface area contributed by atoms with Crippen molar-refractivity contribution < 1.29 is 41.3 Å². The van der Waals surface area contributed by atoms with Gasteiger partial charge in [-0.1, -0.05) is 29.8 Å². The number of aromatic carboxylic acids is 1. The van der Waals surface area contributed by atoms with E-state index in [0.717, 1.165) is 18.3 Å². The molecule has 0 spiro atoms. The lowest BCUT2D eigenvalue weighted by molar-refractivity contribution is -0.615. The first-order valence-electron chi connectivity index (χ1n) is 11.3. The predicted molar refractivity (Wildman–Crippen MR) is 130 cm³/mol. The number of aromatic nitrogens is 3. The molecule has 0 fully saturated rings. The van der Waals surface area contributed by atoms with Crippen molar-refractivity contribution in [3.05, 3.63) is 100.0 Å². The molecule has 0 bridgehead atoms. The van der Waals surface area contributed by atoms with E-state index >= 15 is 0 Å².